The summed E-state index contributed by atoms with van der Waals surface area (Å²) < 4.78 is 16.1. The van der Waals surface area contributed by atoms with Crippen LogP contribution in [0.25, 0.3) is 5.95 Å². The van der Waals surface area contributed by atoms with Gasteiger partial charge in [0, 0.05) is 31.4 Å². The lowest BCUT2D eigenvalue weighted by molar-refractivity contribution is -0.120. The van der Waals surface area contributed by atoms with Crippen LogP contribution in [0, 0.1) is 26.6 Å². The number of anilines is 3. The van der Waals surface area contributed by atoms with Gasteiger partial charge in [-0.3, -0.25) is 4.79 Å². The molecule has 0 radical (unpaired) electrons. The van der Waals surface area contributed by atoms with Gasteiger partial charge >= 0.3 is 0 Å². The molecule has 4 N–H and O–H groups in total. The quantitative estimate of drug-likeness (QED) is 0.572. The maximum absolute atomic E-state index is 14.4. The van der Waals surface area contributed by atoms with Crippen LogP contribution >= 0.6 is 0 Å². The van der Waals surface area contributed by atoms with Crippen molar-refractivity contribution in [1.82, 2.24) is 25.1 Å². The van der Waals surface area contributed by atoms with Crippen LogP contribution in [0.4, 0.5) is 21.7 Å². The van der Waals surface area contributed by atoms with Crippen molar-refractivity contribution in [3.8, 4) is 5.95 Å². The van der Waals surface area contributed by atoms with E-state index in [4.69, 9.17) is 5.73 Å². The molecule has 31 heavy (non-hydrogen) atoms. The van der Waals surface area contributed by atoms with Crippen molar-refractivity contribution in [3.63, 3.8) is 0 Å². The van der Waals surface area contributed by atoms with Gasteiger partial charge in [0.15, 0.2) is 0 Å². The van der Waals surface area contributed by atoms with Crippen molar-refractivity contribution in [1.29, 1.82) is 0 Å². The van der Waals surface area contributed by atoms with Crippen molar-refractivity contribution < 1.29 is 9.18 Å². The van der Waals surface area contributed by atoms with Gasteiger partial charge in [-0.1, -0.05) is 6.07 Å². The fourth-order valence-electron chi connectivity index (χ4n) is 3.58. The third-order valence-corrected chi connectivity index (χ3v) is 5.13. The Balaban J connectivity index is 1.75. The van der Waals surface area contributed by atoms with E-state index in [1.54, 1.807) is 16.8 Å². The van der Waals surface area contributed by atoms with Crippen molar-refractivity contribution in [2.24, 2.45) is 5.73 Å². The smallest absolute Gasteiger partial charge is 0.254 e. The molecule has 1 atom stereocenters. The summed E-state index contributed by atoms with van der Waals surface area (Å²) in [5, 5.41) is 10.6. The molecule has 0 spiro atoms. The summed E-state index contributed by atoms with van der Waals surface area (Å²) in [6, 6.07) is 8.13. The highest BCUT2D eigenvalue weighted by atomic mass is 19.1. The molecule has 0 unspecified atom stereocenters. The molecule has 3 aromatic rings. The number of aromatic nitrogens is 4. The van der Waals surface area contributed by atoms with Gasteiger partial charge in [0.25, 0.3) is 5.95 Å². The Kier molecular flexibility index (Phi) is 5.55. The first-order valence-electron chi connectivity index (χ1n) is 10.0. The molecule has 1 aromatic carbocycles. The molecule has 2 aromatic heterocycles. The van der Waals surface area contributed by atoms with Crippen LogP contribution in [0.5, 0.6) is 0 Å². The lowest BCUT2D eigenvalue weighted by Crippen LogP contribution is -2.56. The van der Waals surface area contributed by atoms with Crippen molar-refractivity contribution in [2.75, 3.05) is 29.9 Å². The van der Waals surface area contributed by atoms with Crippen LogP contribution in [-0.2, 0) is 4.79 Å². The Morgan fingerprint density at radius 1 is 1.23 bits per heavy atom. The second-order valence-electron chi connectivity index (χ2n) is 7.71. The van der Waals surface area contributed by atoms with Crippen molar-refractivity contribution in [2.45, 2.75) is 26.8 Å². The molecule has 3 heterocycles. The lowest BCUT2D eigenvalue weighted by atomic mass is 10.2. The third-order valence-electron chi connectivity index (χ3n) is 5.13. The monoisotopic (exact) mass is 424 g/mol. The molecular formula is C21H25FN8O. The average Bonchev–Trinajstić information content (AvgIpc) is 3.08. The van der Waals surface area contributed by atoms with E-state index in [1.807, 2.05) is 37.8 Å². The minimum Gasteiger partial charge on any atom is -0.368 e. The molecule has 10 heteroatoms. The summed E-state index contributed by atoms with van der Waals surface area (Å²) in [5.74, 6) is 0.582. The highest BCUT2D eigenvalue weighted by Crippen LogP contribution is 2.24. The molecule has 162 valence electrons. The van der Waals surface area contributed by atoms with E-state index < -0.39 is 11.9 Å². The van der Waals surface area contributed by atoms with Gasteiger partial charge in [0.1, 0.15) is 23.5 Å². The number of hydrogen-bond acceptors (Lipinski definition) is 7. The number of piperazine rings is 1. The second kappa shape index (κ2) is 8.31. The Labute approximate surface area is 179 Å². The number of nitrogens with one attached hydrogen (secondary N) is 2. The Morgan fingerprint density at radius 3 is 2.71 bits per heavy atom. The van der Waals surface area contributed by atoms with Gasteiger partial charge in [-0.05, 0) is 44.5 Å². The summed E-state index contributed by atoms with van der Waals surface area (Å²) in [6.07, 6.45) is 0. The number of hydrogen-bond donors (Lipinski definition) is 3. The molecule has 1 saturated heterocycles. The SMILES string of the molecule is Cc1ccc(Nc2cc(N3CCN[C@@H](C(N)=O)C3)nc(-n3nc(C)cc3C)n2)c(F)c1. The maximum Gasteiger partial charge on any atom is 0.254 e. The summed E-state index contributed by atoms with van der Waals surface area (Å²) in [5.41, 5.74) is 8.33. The predicted molar refractivity (Wildman–Crippen MR) is 116 cm³/mol. The standard InChI is InChI=1S/C21H25FN8O/c1-12-4-5-16(15(22)8-12)25-18-10-19(29-7-6-24-17(11-29)20(23)31)27-21(26-18)30-14(3)9-13(2)28-30/h4-5,8-10,17,24H,6-7,11H2,1-3H3,(H2,23,31)(H,25,26,27)/t17-/m1/s1. The summed E-state index contributed by atoms with van der Waals surface area (Å²) >= 11 is 0. The number of amides is 1. The van der Waals surface area contributed by atoms with Crippen LogP contribution in [0.3, 0.4) is 0 Å². The molecular weight excluding hydrogens is 399 g/mol. The minimum atomic E-state index is -0.480. The Hall–Kier alpha value is -3.53. The largest absolute Gasteiger partial charge is 0.368 e. The molecule has 4 rings (SSSR count). The van der Waals surface area contributed by atoms with E-state index in [9.17, 15) is 9.18 Å². The molecule has 1 fully saturated rings. The molecule has 1 aliphatic heterocycles. The number of nitrogens with zero attached hydrogens (tertiary/aromatic N) is 5. The third kappa shape index (κ3) is 4.48. The Morgan fingerprint density at radius 2 is 2.03 bits per heavy atom. The molecule has 0 bridgehead atoms. The maximum atomic E-state index is 14.4. The van der Waals surface area contributed by atoms with E-state index >= 15 is 0 Å². The highest BCUT2D eigenvalue weighted by molar-refractivity contribution is 5.81. The highest BCUT2D eigenvalue weighted by Gasteiger charge is 2.25. The predicted octanol–water partition coefficient (Wildman–Crippen LogP) is 1.73. The van der Waals surface area contributed by atoms with Crippen LogP contribution in [0.1, 0.15) is 17.0 Å². The first-order chi connectivity index (χ1) is 14.8. The number of primary amides is 1. The number of carbonyl (C=O) groups excluding carboxylic acids is 1. The van der Waals surface area contributed by atoms with Crippen LogP contribution in [0.2, 0.25) is 0 Å². The summed E-state index contributed by atoms with van der Waals surface area (Å²) in [6.45, 7) is 7.23. The van der Waals surface area contributed by atoms with E-state index in [-0.39, 0.29) is 5.82 Å². The van der Waals surface area contributed by atoms with Gasteiger partial charge in [0.05, 0.1) is 11.4 Å². The Bertz CT molecular complexity index is 1130. The zero-order valence-corrected chi connectivity index (χ0v) is 17.7. The van der Waals surface area contributed by atoms with Crippen LogP contribution in [-0.4, -0.2) is 51.3 Å². The lowest BCUT2D eigenvalue weighted by Gasteiger charge is -2.33. The number of halogens is 1. The zero-order valence-electron chi connectivity index (χ0n) is 17.7. The van der Waals surface area contributed by atoms with Crippen LogP contribution in [0.15, 0.2) is 30.3 Å². The normalized spacial score (nSPS) is 16.4. The van der Waals surface area contributed by atoms with Gasteiger partial charge in [-0.15, -0.1) is 0 Å². The fourth-order valence-corrected chi connectivity index (χ4v) is 3.58. The van der Waals surface area contributed by atoms with E-state index in [0.717, 1.165) is 17.0 Å². The minimum absolute atomic E-state index is 0.310. The van der Waals surface area contributed by atoms with Crippen LogP contribution < -0.4 is 21.3 Å². The molecule has 1 amide bonds. The number of nitrogens with two attached hydrogens (primary N) is 1. The molecule has 0 aliphatic carbocycles. The van der Waals surface area contributed by atoms with Crippen molar-refractivity contribution >= 4 is 23.2 Å². The van der Waals surface area contributed by atoms with Gasteiger partial charge < -0.3 is 21.3 Å². The first kappa shape index (κ1) is 20.7. The zero-order chi connectivity index (χ0) is 22.1. The topological polar surface area (TPSA) is 114 Å². The molecule has 0 saturated carbocycles. The van der Waals surface area contributed by atoms with E-state index in [2.05, 4.69) is 25.7 Å². The van der Waals surface area contributed by atoms with Gasteiger partial charge in [-0.2, -0.15) is 15.1 Å². The summed E-state index contributed by atoms with van der Waals surface area (Å²) in [7, 11) is 0. The number of benzene rings is 1. The summed E-state index contributed by atoms with van der Waals surface area (Å²) in [4.78, 5) is 22.9. The number of carbonyl (C=O) groups is 1. The van der Waals surface area contributed by atoms with Gasteiger partial charge in [0.2, 0.25) is 5.91 Å². The van der Waals surface area contributed by atoms with E-state index in [0.29, 0.717) is 42.9 Å². The molecule has 9 nitrogen and oxygen atoms in total. The second-order valence-corrected chi connectivity index (χ2v) is 7.71. The number of rotatable bonds is 5. The number of aryl methyl sites for hydroxylation is 3. The van der Waals surface area contributed by atoms with Crippen molar-refractivity contribution in [3.05, 3.63) is 53.1 Å². The fraction of sp³-hybridized carbons (Fsp3) is 0.333. The van der Waals surface area contributed by atoms with Gasteiger partial charge in [-0.25, -0.2) is 9.07 Å². The first-order valence-corrected chi connectivity index (χ1v) is 10.0. The average molecular weight is 424 g/mol. The van der Waals surface area contributed by atoms with E-state index in [1.165, 1.54) is 6.07 Å². The molecule has 1 aliphatic rings.